The van der Waals surface area contributed by atoms with Crippen molar-refractivity contribution in [3.63, 3.8) is 0 Å². The summed E-state index contributed by atoms with van der Waals surface area (Å²) in [5.41, 5.74) is 7.41. The largest absolute Gasteiger partial charge is 0.341 e. The van der Waals surface area contributed by atoms with Crippen molar-refractivity contribution in [1.29, 1.82) is 0 Å². The van der Waals surface area contributed by atoms with Gasteiger partial charge in [-0.1, -0.05) is 37.8 Å². The van der Waals surface area contributed by atoms with Gasteiger partial charge in [0.25, 0.3) is 0 Å². The molecule has 1 aromatic carbocycles. The molecule has 0 aliphatic heterocycles. The van der Waals surface area contributed by atoms with Gasteiger partial charge >= 0.3 is 0 Å². The zero-order valence-electron chi connectivity index (χ0n) is 12.6. The molecule has 0 heterocycles. The van der Waals surface area contributed by atoms with Crippen LogP contribution in [0, 0.1) is 17.8 Å². The van der Waals surface area contributed by atoms with E-state index in [4.69, 9.17) is 5.73 Å². The molecule has 0 radical (unpaired) electrons. The number of nitrogens with two attached hydrogens (primary N) is 1. The lowest BCUT2D eigenvalue weighted by Crippen LogP contribution is -2.32. The first kappa shape index (κ1) is 16.3. The number of carbonyl (C=O) groups excluding carboxylic acids is 1. The molecule has 0 saturated carbocycles. The van der Waals surface area contributed by atoms with Crippen LogP contribution in [0.2, 0.25) is 0 Å². The Morgan fingerprint density at radius 1 is 1.35 bits per heavy atom. The predicted octanol–water partition coefficient (Wildman–Crippen LogP) is 2.39. The van der Waals surface area contributed by atoms with Crippen molar-refractivity contribution in [3.8, 4) is 11.8 Å². The summed E-state index contributed by atoms with van der Waals surface area (Å²) < 4.78 is 0. The standard InChI is InChI=1S/C17H24N2O/c1-4-16(5-2)17(20)19(3)13-15-9-6-8-14(12-15)10-7-11-18/h6,8-9,12,16H,4-5,11,13,18H2,1-3H3. The van der Waals surface area contributed by atoms with Crippen LogP contribution < -0.4 is 5.73 Å². The molecule has 0 aliphatic rings. The van der Waals surface area contributed by atoms with Crippen LogP contribution >= 0.6 is 0 Å². The Hall–Kier alpha value is -1.79. The Kier molecular flexibility index (Phi) is 6.83. The smallest absolute Gasteiger partial charge is 0.225 e. The van der Waals surface area contributed by atoms with E-state index in [0.29, 0.717) is 13.1 Å². The van der Waals surface area contributed by atoms with Crippen LogP contribution in [-0.2, 0) is 11.3 Å². The van der Waals surface area contributed by atoms with Gasteiger partial charge in [0.1, 0.15) is 0 Å². The number of hydrogen-bond donors (Lipinski definition) is 1. The molecule has 0 saturated heterocycles. The van der Waals surface area contributed by atoms with Gasteiger partial charge in [-0.2, -0.15) is 0 Å². The third-order valence-corrected chi connectivity index (χ3v) is 3.39. The molecule has 3 nitrogen and oxygen atoms in total. The number of amides is 1. The molecule has 0 unspecified atom stereocenters. The Morgan fingerprint density at radius 2 is 2.05 bits per heavy atom. The van der Waals surface area contributed by atoms with E-state index in [2.05, 4.69) is 25.7 Å². The van der Waals surface area contributed by atoms with Crippen LogP contribution in [0.25, 0.3) is 0 Å². The SMILES string of the molecule is CCC(CC)C(=O)N(C)Cc1cccc(C#CCN)c1. The minimum absolute atomic E-state index is 0.125. The van der Waals surface area contributed by atoms with E-state index in [1.54, 1.807) is 4.90 Å². The number of rotatable bonds is 5. The van der Waals surface area contributed by atoms with Crippen molar-refractivity contribution >= 4 is 5.91 Å². The van der Waals surface area contributed by atoms with E-state index in [0.717, 1.165) is 24.0 Å². The summed E-state index contributed by atoms with van der Waals surface area (Å²) in [6.45, 7) is 5.09. The van der Waals surface area contributed by atoms with Gasteiger partial charge in [-0.05, 0) is 30.5 Å². The molecule has 2 N–H and O–H groups in total. The Labute approximate surface area is 122 Å². The minimum atomic E-state index is 0.125. The van der Waals surface area contributed by atoms with Crippen molar-refractivity contribution in [1.82, 2.24) is 4.90 Å². The van der Waals surface area contributed by atoms with Gasteiger partial charge in [0.15, 0.2) is 0 Å². The highest BCUT2D eigenvalue weighted by atomic mass is 16.2. The van der Waals surface area contributed by atoms with E-state index in [9.17, 15) is 4.79 Å². The molecular formula is C17H24N2O. The van der Waals surface area contributed by atoms with Gasteiger partial charge in [0, 0.05) is 25.1 Å². The summed E-state index contributed by atoms with van der Waals surface area (Å²) >= 11 is 0. The second-order valence-electron chi connectivity index (χ2n) is 4.91. The molecule has 0 bridgehead atoms. The molecule has 3 heteroatoms. The summed E-state index contributed by atoms with van der Waals surface area (Å²) in [6.07, 6.45) is 1.78. The highest BCUT2D eigenvalue weighted by Crippen LogP contribution is 2.14. The lowest BCUT2D eigenvalue weighted by atomic mass is 10.0. The fourth-order valence-corrected chi connectivity index (χ4v) is 2.20. The lowest BCUT2D eigenvalue weighted by Gasteiger charge is -2.22. The Bertz CT molecular complexity index is 495. The predicted molar refractivity (Wildman–Crippen MR) is 82.9 cm³/mol. The summed E-state index contributed by atoms with van der Waals surface area (Å²) in [4.78, 5) is 14.0. The maximum absolute atomic E-state index is 12.2. The summed E-state index contributed by atoms with van der Waals surface area (Å²) in [5, 5.41) is 0. The van der Waals surface area contributed by atoms with E-state index in [-0.39, 0.29) is 11.8 Å². The maximum Gasteiger partial charge on any atom is 0.225 e. The zero-order chi connectivity index (χ0) is 15.0. The van der Waals surface area contributed by atoms with E-state index < -0.39 is 0 Å². The van der Waals surface area contributed by atoms with E-state index in [1.807, 2.05) is 31.3 Å². The first-order valence-electron chi connectivity index (χ1n) is 7.15. The molecule has 20 heavy (non-hydrogen) atoms. The van der Waals surface area contributed by atoms with Gasteiger partial charge in [-0.25, -0.2) is 0 Å². The van der Waals surface area contributed by atoms with Crippen LogP contribution in [0.3, 0.4) is 0 Å². The number of benzene rings is 1. The van der Waals surface area contributed by atoms with E-state index >= 15 is 0 Å². The molecule has 0 atom stereocenters. The van der Waals surface area contributed by atoms with Crippen LogP contribution in [0.5, 0.6) is 0 Å². The summed E-state index contributed by atoms with van der Waals surface area (Å²) in [7, 11) is 1.86. The van der Waals surface area contributed by atoms with Crippen molar-refractivity contribution in [3.05, 3.63) is 35.4 Å². The minimum Gasteiger partial charge on any atom is -0.341 e. The van der Waals surface area contributed by atoms with Crippen molar-refractivity contribution < 1.29 is 4.79 Å². The average Bonchev–Trinajstić information content (AvgIpc) is 2.46. The Morgan fingerprint density at radius 3 is 2.65 bits per heavy atom. The number of nitrogens with zero attached hydrogens (tertiary/aromatic N) is 1. The highest BCUT2D eigenvalue weighted by Gasteiger charge is 2.18. The number of carbonyl (C=O) groups is 1. The highest BCUT2D eigenvalue weighted by molar-refractivity contribution is 5.78. The molecule has 0 aliphatic carbocycles. The van der Waals surface area contributed by atoms with Crippen molar-refractivity contribution in [2.45, 2.75) is 33.2 Å². The fraction of sp³-hybridized carbons (Fsp3) is 0.471. The van der Waals surface area contributed by atoms with Gasteiger partial charge in [-0.3, -0.25) is 4.79 Å². The number of hydrogen-bond acceptors (Lipinski definition) is 2. The molecule has 1 amide bonds. The van der Waals surface area contributed by atoms with Crippen molar-refractivity contribution in [2.75, 3.05) is 13.6 Å². The molecule has 0 aromatic heterocycles. The molecule has 108 valence electrons. The topological polar surface area (TPSA) is 46.3 Å². The average molecular weight is 272 g/mol. The van der Waals surface area contributed by atoms with E-state index in [1.165, 1.54) is 0 Å². The zero-order valence-corrected chi connectivity index (χ0v) is 12.6. The quantitative estimate of drug-likeness (QED) is 0.837. The fourth-order valence-electron chi connectivity index (χ4n) is 2.20. The third kappa shape index (κ3) is 4.71. The molecule has 0 fully saturated rings. The second-order valence-corrected chi connectivity index (χ2v) is 4.91. The van der Waals surface area contributed by atoms with Gasteiger partial charge < -0.3 is 10.6 Å². The first-order valence-corrected chi connectivity index (χ1v) is 7.15. The van der Waals surface area contributed by atoms with Crippen LogP contribution in [0.1, 0.15) is 37.8 Å². The summed E-state index contributed by atoms with van der Waals surface area (Å²) in [5.74, 6) is 6.20. The monoisotopic (exact) mass is 272 g/mol. The normalized spacial score (nSPS) is 10.1. The van der Waals surface area contributed by atoms with Crippen LogP contribution in [0.15, 0.2) is 24.3 Å². The van der Waals surface area contributed by atoms with Crippen LogP contribution in [0.4, 0.5) is 0 Å². The van der Waals surface area contributed by atoms with Gasteiger partial charge in [-0.15, -0.1) is 0 Å². The van der Waals surface area contributed by atoms with Gasteiger partial charge in [0.05, 0.1) is 6.54 Å². The maximum atomic E-state index is 12.2. The Balaban J connectivity index is 2.75. The first-order chi connectivity index (χ1) is 9.62. The molecule has 1 rings (SSSR count). The second kappa shape index (κ2) is 8.39. The molecule has 0 spiro atoms. The molecular weight excluding hydrogens is 248 g/mol. The third-order valence-electron chi connectivity index (χ3n) is 3.39. The van der Waals surface area contributed by atoms with Crippen molar-refractivity contribution in [2.24, 2.45) is 11.7 Å². The van der Waals surface area contributed by atoms with Gasteiger partial charge in [0.2, 0.25) is 5.91 Å². The van der Waals surface area contributed by atoms with Crippen LogP contribution in [-0.4, -0.2) is 24.4 Å². The summed E-state index contributed by atoms with van der Waals surface area (Å²) in [6, 6.07) is 7.95. The lowest BCUT2D eigenvalue weighted by molar-refractivity contribution is -0.134. The molecule has 1 aromatic rings.